The van der Waals surface area contributed by atoms with Gasteiger partial charge in [-0.1, -0.05) is 83.6 Å². The number of ketones is 1. The summed E-state index contributed by atoms with van der Waals surface area (Å²) in [6, 6.07) is 32.8. The van der Waals surface area contributed by atoms with E-state index >= 15 is 0 Å². The molecule has 4 nitrogen and oxygen atoms in total. The summed E-state index contributed by atoms with van der Waals surface area (Å²) in [5, 5.41) is 4.06. The maximum atomic E-state index is 12.8. The van der Waals surface area contributed by atoms with Gasteiger partial charge in [0.15, 0.2) is 5.78 Å². The van der Waals surface area contributed by atoms with Crippen molar-refractivity contribution in [1.29, 1.82) is 0 Å². The number of nitrogens with zero attached hydrogens (tertiary/aromatic N) is 1. The van der Waals surface area contributed by atoms with Crippen LogP contribution >= 0.6 is 11.8 Å². The molecule has 0 heterocycles. The Morgan fingerprint density at radius 1 is 0.676 bits per heavy atom. The van der Waals surface area contributed by atoms with E-state index in [1.165, 1.54) is 6.92 Å². The molecule has 0 spiro atoms. The van der Waals surface area contributed by atoms with Crippen molar-refractivity contribution in [2.45, 2.75) is 23.6 Å². The van der Waals surface area contributed by atoms with Crippen molar-refractivity contribution in [3.8, 4) is 0 Å². The van der Waals surface area contributed by atoms with Gasteiger partial charge in [-0.15, -0.1) is 0 Å². The number of benzene rings is 4. The lowest BCUT2D eigenvalue weighted by Crippen LogP contribution is -2.05. The zero-order valence-corrected chi connectivity index (χ0v) is 19.7. The zero-order chi connectivity index (χ0) is 23.9. The van der Waals surface area contributed by atoms with Crippen molar-refractivity contribution in [1.82, 2.24) is 0 Å². The first-order valence-corrected chi connectivity index (χ1v) is 11.6. The predicted molar refractivity (Wildman–Crippen MR) is 135 cm³/mol. The van der Waals surface area contributed by atoms with Crippen molar-refractivity contribution in [2.75, 3.05) is 0 Å². The van der Waals surface area contributed by atoms with Crippen LogP contribution in [0.5, 0.6) is 0 Å². The summed E-state index contributed by atoms with van der Waals surface area (Å²) in [4.78, 5) is 31.1. The number of aryl methyl sites for hydroxylation is 1. The highest BCUT2D eigenvalue weighted by atomic mass is 32.2. The molecule has 0 atom stereocenters. The van der Waals surface area contributed by atoms with Crippen LogP contribution in [0.1, 0.15) is 39.5 Å². The Morgan fingerprint density at radius 3 is 1.79 bits per heavy atom. The van der Waals surface area contributed by atoms with E-state index in [1.807, 2.05) is 110 Å². The SMILES string of the molecule is CC(=O)ON=C(c1ccccc1)c1ccc(Sc2ccc(C(=O)c3ccccc3C)cc2)cc1. The smallest absolute Gasteiger partial charge is 0.318 e. The van der Waals surface area contributed by atoms with Crippen molar-refractivity contribution >= 4 is 29.2 Å². The molecule has 34 heavy (non-hydrogen) atoms. The highest BCUT2D eigenvalue weighted by Crippen LogP contribution is 2.29. The van der Waals surface area contributed by atoms with Crippen LogP contribution in [0.4, 0.5) is 0 Å². The third-order valence-electron chi connectivity index (χ3n) is 5.18. The molecule has 5 heteroatoms. The van der Waals surface area contributed by atoms with Gasteiger partial charge in [0.25, 0.3) is 0 Å². The third-order valence-corrected chi connectivity index (χ3v) is 6.20. The van der Waals surface area contributed by atoms with E-state index in [-0.39, 0.29) is 5.78 Å². The van der Waals surface area contributed by atoms with Crippen LogP contribution in [0.3, 0.4) is 0 Å². The quantitative estimate of drug-likeness (QED) is 0.132. The Balaban J connectivity index is 1.50. The fourth-order valence-corrected chi connectivity index (χ4v) is 4.27. The van der Waals surface area contributed by atoms with Gasteiger partial charge in [-0.3, -0.25) is 4.79 Å². The molecule has 0 saturated heterocycles. The predicted octanol–water partition coefficient (Wildman–Crippen LogP) is 6.69. The van der Waals surface area contributed by atoms with Gasteiger partial charge in [0.2, 0.25) is 0 Å². The maximum absolute atomic E-state index is 12.8. The van der Waals surface area contributed by atoms with Crippen LogP contribution in [0.15, 0.2) is 118 Å². The lowest BCUT2D eigenvalue weighted by Gasteiger charge is -2.08. The number of rotatable bonds is 7. The Hall–Kier alpha value is -3.96. The van der Waals surface area contributed by atoms with Crippen LogP contribution in [0.25, 0.3) is 0 Å². The van der Waals surface area contributed by atoms with Gasteiger partial charge >= 0.3 is 5.97 Å². The van der Waals surface area contributed by atoms with Gasteiger partial charge in [0, 0.05) is 39.0 Å². The molecule has 4 aromatic carbocycles. The molecule has 4 rings (SSSR count). The van der Waals surface area contributed by atoms with E-state index in [0.717, 1.165) is 32.0 Å². The second-order valence-corrected chi connectivity index (χ2v) is 8.83. The lowest BCUT2D eigenvalue weighted by atomic mass is 9.99. The molecule has 0 unspecified atom stereocenters. The van der Waals surface area contributed by atoms with E-state index in [2.05, 4.69) is 5.16 Å². The Bertz CT molecular complexity index is 1330. The largest absolute Gasteiger partial charge is 0.332 e. The van der Waals surface area contributed by atoms with Crippen LogP contribution in [-0.2, 0) is 9.63 Å². The first-order valence-electron chi connectivity index (χ1n) is 10.8. The standard InChI is InChI=1S/C29H23NO3S/c1-20-8-6-7-11-27(20)29(32)24-14-18-26(19-15-24)34-25-16-12-23(13-17-25)28(30-33-21(2)31)22-9-4-3-5-10-22/h3-19H,1-2H3. The second-order valence-electron chi connectivity index (χ2n) is 7.68. The minimum Gasteiger partial charge on any atom is -0.318 e. The van der Waals surface area contributed by atoms with Gasteiger partial charge in [-0.2, -0.15) is 0 Å². The molecule has 0 amide bonds. The molecular weight excluding hydrogens is 442 g/mol. The van der Waals surface area contributed by atoms with Crippen molar-refractivity contribution in [3.63, 3.8) is 0 Å². The number of hydrogen-bond acceptors (Lipinski definition) is 5. The molecule has 0 bridgehead atoms. The van der Waals surface area contributed by atoms with Gasteiger partial charge in [-0.05, 0) is 48.9 Å². The van der Waals surface area contributed by atoms with Gasteiger partial charge in [0.1, 0.15) is 5.71 Å². The molecule has 0 fully saturated rings. The second kappa shape index (κ2) is 10.8. The molecule has 0 radical (unpaired) electrons. The summed E-state index contributed by atoms with van der Waals surface area (Å²) >= 11 is 1.60. The zero-order valence-electron chi connectivity index (χ0n) is 18.9. The minimum atomic E-state index is -0.468. The summed E-state index contributed by atoms with van der Waals surface area (Å²) in [7, 11) is 0. The lowest BCUT2D eigenvalue weighted by molar-refractivity contribution is -0.140. The Labute approximate surface area is 203 Å². The average Bonchev–Trinajstić information content (AvgIpc) is 2.86. The van der Waals surface area contributed by atoms with E-state index in [1.54, 1.807) is 11.8 Å². The molecule has 0 aromatic heterocycles. The van der Waals surface area contributed by atoms with Gasteiger partial charge < -0.3 is 4.84 Å². The summed E-state index contributed by atoms with van der Waals surface area (Å²) in [5.74, 6) is -0.440. The average molecular weight is 466 g/mol. The molecule has 0 N–H and O–H groups in total. The summed E-state index contributed by atoms with van der Waals surface area (Å²) in [5.41, 5.74) is 4.66. The highest BCUT2D eigenvalue weighted by molar-refractivity contribution is 7.99. The van der Waals surface area contributed by atoms with Gasteiger partial charge in [0.05, 0.1) is 0 Å². The van der Waals surface area contributed by atoms with Crippen molar-refractivity contribution in [2.24, 2.45) is 5.16 Å². The van der Waals surface area contributed by atoms with Crippen LogP contribution in [-0.4, -0.2) is 17.5 Å². The molecule has 0 saturated carbocycles. The monoisotopic (exact) mass is 465 g/mol. The summed E-state index contributed by atoms with van der Waals surface area (Å²) < 4.78 is 0. The molecular formula is C29H23NO3S. The molecule has 0 aliphatic rings. The summed E-state index contributed by atoms with van der Waals surface area (Å²) in [6.45, 7) is 3.27. The minimum absolute atomic E-state index is 0.0273. The Kier molecular flexibility index (Phi) is 7.35. The number of carbonyl (C=O) groups is 2. The summed E-state index contributed by atoms with van der Waals surface area (Å²) in [6.07, 6.45) is 0. The maximum Gasteiger partial charge on any atom is 0.332 e. The third kappa shape index (κ3) is 5.69. The number of oxime groups is 1. The van der Waals surface area contributed by atoms with E-state index < -0.39 is 5.97 Å². The fourth-order valence-electron chi connectivity index (χ4n) is 3.45. The molecule has 4 aromatic rings. The van der Waals surface area contributed by atoms with E-state index in [4.69, 9.17) is 4.84 Å². The first kappa shape index (κ1) is 23.2. The van der Waals surface area contributed by atoms with Crippen LogP contribution in [0.2, 0.25) is 0 Å². The topological polar surface area (TPSA) is 55.7 Å². The van der Waals surface area contributed by atoms with Crippen molar-refractivity contribution in [3.05, 3.63) is 131 Å². The van der Waals surface area contributed by atoms with Crippen LogP contribution in [0, 0.1) is 6.92 Å². The number of carbonyl (C=O) groups excluding carboxylic acids is 2. The Morgan fingerprint density at radius 2 is 1.21 bits per heavy atom. The van der Waals surface area contributed by atoms with Crippen LogP contribution < -0.4 is 0 Å². The highest BCUT2D eigenvalue weighted by Gasteiger charge is 2.12. The van der Waals surface area contributed by atoms with E-state index in [0.29, 0.717) is 11.3 Å². The number of hydrogen-bond donors (Lipinski definition) is 0. The molecule has 168 valence electrons. The normalized spacial score (nSPS) is 11.2. The molecule has 0 aliphatic heterocycles. The van der Waals surface area contributed by atoms with E-state index in [9.17, 15) is 9.59 Å². The fraction of sp³-hybridized carbons (Fsp3) is 0.0690. The molecule has 0 aliphatic carbocycles. The first-order chi connectivity index (χ1) is 16.5. The van der Waals surface area contributed by atoms with Crippen molar-refractivity contribution < 1.29 is 14.4 Å². The van der Waals surface area contributed by atoms with Gasteiger partial charge in [-0.25, -0.2) is 4.79 Å².